The minimum absolute atomic E-state index is 0.0276. The van der Waals surface area contributed by atoms with Crippen LogP contribution in [-0.4, -0.2) is 42.6 Å². The van der Waals surface area contributed by atoms with Gasteiger partial charge >= 0.3 is 6.18 Å². The molecule has 2 aromatic rings. The number of hydrogen-bond acceptors (Lipinski definition) is 6. The van der Waals surface area contributed by atoms with Crippen LogP contribution >= 0.6 is 11.6 Å². The molecule has 1 unspecified atom stereocenters. The van der Waals surface area contributed by atoms with Crippen molar-refractivity contribution in [2.75, 3.05) is 19.7 Å². The van der Waals surface area contributed by atoms with Gasteiger partial charge in [-0.3, -0.25) is 0 Å². The van der Waals surface area contributed by atoms with Crippen LogP contribution in [0, 0.1) is 0 Å². The van der Waals surface area contributed by atoms with E-state index in [0.717, 1.165) is 23.2 Å². The molecular formula is C16H15ClF3N3O4S. The molecule has 1 aliphatic heterocycles. The van der Waals surface area contributed by atoms with Crippen LogP contribution in [-0.2, 0) is 20.9 Å². The molecule has 0 N–H and O–H groups in total. The Kier molecular flexibility index (Phi) is 4.89. The van der Waals surface area contributed by atoms with Gasteiger partial charge < -0.3 is 9.15 Å². The highest BCUT2D eigenvalue weighted by Gasteiger charge is 2.38. The molecule has 1 saturated carbocycles. The summed E-state index contributed by atoms with van der Waals surface area (Å²) < 4.78 is 76.4. The molecule has 2 aliphatic rings. The summed E-state index contributed by atoms with van der Waals surface area (Å²) in [6.45, 7) is -0.00488. The SMILES string of the molecule is O=S(=O)(c1ccc(C(F)(F)F)cc1Cl)N1CCOC(c2nnc(C3CC3)o2)C1. The molecule has 1 aromatic carbocycles. The molecule has 2 fully saturated rings. The summed E-state index contributed by atoms with van der Waals surface area (Å²) in [5.41, 5.74) is -1.02. The molecule has 0 bridgehead atoms. The summed E-state index contributed by atoms with van der Waals surface area (Å²) in [7, 11) is -4.13. The van der Waals surface area contributed by atoms with Crippen molar-refractivity contribution < 1.29 is 30.7 Å². The third kappa shape index (κ3) is 3.76. The average molecular weight is 438 g/mol. The molecule has 7 nitrogen and oxygen atoms in total. The standard InChI is InChI=1S/C16H15ClF3N3O4S/c17-11-7-10(16(18,19)20)3-4-13(11)28(24,25)23-5-6-26-12(8-23)15-22-21-14(27-15)9-1-2-9/h3-4,7,9,12H,1-2,5-6,8H2. The Morgan fingerprint density at radius 1 is 1.18 bits per heavy atom. The predicted octanol–water partition coefficient (Wildman–Crippen LogP) is 3.38. The van der Waals surface area contributed by atoms with Crippen molar-refractivity contribution in [3.63, 3.8) is 0 Å². The largest absolute Gasteiger partial charge is 0.422 e. The summed E-state index contributed by atoms with van der Waals surface area (Å²) in [4.78, 5) is -0.396. The zero-order valence-corrected chi connectivity index (χ0v) is 15.9. The second-order valence-corrected chi connectivity index (χ2v) is 8.93. The number of alkyl halides is 3. The van der Waals surface area contributed by atoms with Crippen LogP contribution in [0.1, 0.15) is 42.2 Å². The number of rotatable bonds is 4. The molecule has 1 aromatic heterocycles. The van der Waals surface area contributed by atoms with Gasteiger partial charge in [0, 0.05) is 19.0 Å². The smallest absolute Gasteiger partial charge is 0.416 e. The van der Waals surface area contributed by atoms with Gasteiger partial charge in [-0.1, -0.05) is 11.6 Å². The van der Waals surface area contributed by atoms with E-state index in [2.05, 4.69) is 10.2 Å². The fourth-order valence-corrected chi connectivity index (χ4v) is 4.83. The maximum absolute atomic E-state index is 12.9. The summed E-state index contributed by atoms with van der Waals surface area (Å²) in [6.07, 6.45) is -3.43. The Morgan fingerprint density at radius 3 is 2.54 bits per heavy atom. The molecular weight excluding hydrogens is 423 g/mol. The zero-order valence-electron chi connectivity index (χ0n) is 14.3. The van der Waals surface area contributed by atoms with Gasteiger partial charge in [0.15, 0.2) is 0 Å². The molecule has 0 radical (unpaired) electrons. The fraction of sp³-hybridized carbons (Fsp3) is 0.500. The minimum atomic E-state index is -4.62. The summed E-state index contributed by atoms with van der Waals surface area (Å²) in [5.74, 6) is 0.931. The van der Waals surface area contributed by atoms with Crippen molar-refractivity contribution in [2.45, 2.75) is 35.9 Å². The monoisotopic (exact) mass is 437 g/mol. The van der Waals surface area contributed by atoms with Crippen LogP contribution in [0.15, 0.2) is 27.5 Å². The maximum Gasteiger partial charge on any atom is 0.416 e. The topological polar surface area (TPSA) is 85.5 Å². The number of aromatic nitrogens is 2. The number of morpholine rings is 1. The Morgan fingerprint density at radius 2 is 1.89 bits per heavy atom. The van der Waals surface area contributed by atoms with Crippen molar-refractivity contribution in [3.05, 3.63) is 40.6 Å². The van der Waals surface area contributed by atoms with Crippen LogP contribution in [0.2, 0.25) is 5.02 Å². The van der Waals surface area contributed by atoms with Gasteiger partial charge in [0.1, 0.15) is 11.0 Å². The van der Waals surface area contributed by atoms with Crippen LogP contribution < -0.4 is 0 Å². The molecule has 4 rings (SSSR count). The highest BCUT2D eigenvalue weighted by molar-refractivity contribution is 7.89. The first kappa shape index (κ1) is 19.6. The first-order chi connectivity index (χ1) is 13.2. The molecule has 1 atom stereocenters. The lowest BCUT2D eigenvalue weighted by Gasteiger charge is -2.30. The van der Waals surface area contributed by atoms with Gasteiger partial charge in [0.2, 0.25) is 21.8 Å². The Balaban J connectivity index is 1.56. The van der Waals surface area contributed by atoms with E-state index in [-0.39, 0.29) is 31.5 Å². The molecule has 1 aliphatic carbocycles. The van der Waals surface area contributed by atoms with Gasteiger partial charge in [-0.05, 0) is 31.0 Å². The van der Waals surface area contributed by atoms with Gasteiger partial charge in [-0.25, -0.2) is 8.42 Å². The Hall–Kier alpha value is -1.69. The molecule has 0 spiro atoms. The summed E-state index contributed by atoms with van der Waals surface area (Å²) in [6, 6.07) is 2.16. The maximum atomic E-state index is 12.9. The summed E-state index contributed by atoms with van der Waals surface area (Å²) in [5, 5.41) is 7.39. The number of benzene rings is 1. The number of halogens is 4. The van der Waals surface area contributed by atoms with E-state index in [1.807, 2.05) is 0 Å². The van der Waals surface area contributed by atoms with E-state index in [1.54, 1.807) is 0 Å². The molecule has 152 valence electrons. The van der Waals surface area contributed by atoms with Crippen molar-refractivity contribution in [3.8, 4) is 0 Å². The third-order valence-electron chi connectivity index (χ3n) is 4.56. The molecule has 2 heterocycles. The van der Waals surface area contributed by atoms with E-state index in [0.29, 0.717) is 18.0 Å². The van der Waals surface area contributed by atoms with Gasteiger partial charge in [-0.15, -0.1) is 10.2 Å². The quantitative estimate of drug-likeness (QED) is 0.729. The van der Waals surface area contributed by atoms with Crippen molar-refractivity contribution >= 4 is 21.6 Å². The predicted molar refractivity (Wildman–Crippen MR) is 90.2 cm³/mol. The third-order valence-corrected chi connectivity index (χ3v) is 6.91. The Labute approximate surface area is 163 Å². The number of sulfonamides is 1. The highest BCUT2D eigenvalue weighted by atomic mass is 35.5. The zero-order chi connectivity index (χ0) is 20.1. The second-order valence-electron chi connectivity index (χ2n) is 6.62. The minimum Gasteiger partial charge on any atom is -0.422 e. The van der Waals surface area contributed by atoms with Crippen molar-refractivity contribution in [1.82, 2.24) is 14.5 Å². The lowest BCUT2D eigenvalue weighted by molar-refractivity contribution is -0.137. The highest BCUT2D eigenvalue weighted by Crippen LogP contribution is 2.40. The van der Waals surface area contributed by atoms with E-state index < -0.39 is 37.8 Å². The van der Waals surface area contributed by atoms with E-state index >= 15 is 0 Å². The van der Waals surface area contributed by atoms with Crippen LogP contribution in [0.3, 0.4) is 0 Å². The lowest BCUT2D eigenvalue weighted by atomic mass is 10.2. The number of nitrogens with zero attached hydrogens (tertiary/aromatic N) is 3. The number of ether oxygens (including phenoxy) is 1. The lowest BCUT2D eigenvalue weighted by Crippen LogP contribution is -2.42. The van der Waals surface area contributed by atoms with Crippen LogP contribution in [0.4, 0.5) is 13.2 Å². The average Bonchev–Trinajstić information content (AvgIpc) is 3.37. The molecule has 12 heteroatoms. The van der Waals surface area contributed by atoms with Gasteiger partial charge in [0.25, 0.3) is 0 Å². The van der Waals surface area contributed by atoms with Crippen molar-refractivity contribution in [2.24, 2.45) is 0 Å². The normalized spacial score (nSPS) is 21.8. The van der Waals surface area contributed by atoms with Crippen molar-refractivity contribution in [1.29, 1.82) is 0 Å². The van der Waals surface area contributed by atoms with Crippen LogP contribution in [0.25, 0.3) is 0 Å². The van der Waals surface area contributed by atoms with E-state index in [4.69, 9.17) is 20.8 Å². The van der Waals surface area contributed by atoms with Gasteiger partial charge in [-0.2, -0.15) is 17.5 Å². The van der Waals surface area contributed by atoms with E-state index in [1.165, 1.54) is 0 Å². The van der Waals surface area contributed by atoms with Crippen LogP contribution in [0.5, 0.6) is 0 Å². The second kappa shape index (κ2) is 6.97. The van der Waals surface area contributed by atoms with E-state index in [9.17, 15) is 21.6 Å². The molecule has 1 saturated heterocycles. The summed E-state index contributed by atoms with van der Waals surface area (Å²) >= 11 is 5.86. The number of hydrogen-bond donors (Lipinski definition) is 0. The first-order valence-electron chi connectivity index (χ1n) is 8.48. The molecule has 0 amide bonds. The Bertz CT molecular complexity index is 991. The first-order valence-corrected chi connectivity index (χ1v) is 10.3. The van der Waals surface area contributed by atoms with Gasteiger partial charge in [0.05, 0.1) is 17.2 Å². The molecule has 28 heavy (non-hydrogen) atoms. The fourth-order valence-electron chi connectivity index (χ4n) is 2.89.